The van der Waals surface area contributed by atoms with E-state index >= 15 is 0 Å². The first-order chi connectivity index (χ1) is 9.72. The standard InChI is InChI=1S/C17H12N2O/c1-2-13-4-3-5-16(11-13)19-12-15-10-14(8-9-18)6-7-17(15)20/h1,3-7,10-12,20H,8H2/b19-12+. The number of terminal acetylenes is 1. The lowest BCUT2D eigenvalue weighted by molar-refractivity contribution is 0.474. The molecule has 0 aromatic heterocycles. The predicted molar refractivity (Wildman–Crippen MR) is 79.1 cm³/mol. The Bertz CT molecular complexity index is 733. The van der Waals surface area contributed by atoms with Crippen LogP contribution in [0.4, 0.5) is 5.69 Å². The third-order valence-electron chi connectivity index (χ3n) is 2.74. The van der Waals surface area contributed by atoms with Gasteiger partial charge in [0.05, 0.1) is 18.2 Å². The van der Waals surface area contributed by atoms with Crippen molar-refractivity contribution < 1.29 is 5.11 Å². The van der Waals surface area contributed by atoms with E-state index in [2.05, 4.69) is 17.0 Å². The van der Waals surface area contributed by atoms with Gasteiger partial charge in [0.15, 0.2) is 0 Å². The van der Waals surface area contributed by atoms with Gasteiger partial charge in [0.1, 0.15) is 5.75 Å². The van der Waals surface area contributed by atoms with Crippen molar-refractivity contribution >= 4 is 11.9 Å². The van der Waals surface area contributed by atoms with Gasteiger partial charge in [0.25, 0.3) is 0 Å². The fourth-order valence-electron chi connectivity index (χ4n) is 1.73. The number of aromatic hydroxyl groups is 1. The molecule has 0 aliphatic carbocycles. The van der Waals surface area contributed by atoms with Crippen LogP contribution >= 0.6 is 0 Å². The molecule has 0 saturated carbocycles. The Morgan fingerprint density at radius 3 is 2.85 bits per heavy atom. The molecule has 0 amide bonds. The topological polar surface area (TPSA) is 56.4 Å². The molecular formula is C17H12N2O. The maximum absolute atomic E-state index is 9.78. The first-order valence-corrected chi connectivity index (χ1v) is 6.02. The summed E-state index contributed by atoms with van der Waals surface area (Å²) >= 11 is 0. The van der Waals surface area contributed by atoms with Crippen molar-refractivity contribution in [3.8, 4) is 24.2 Å². The average molecular weight is 260 g/mol. The molecule has 0 aliphatic heterocycles. The van der Waals surface area contributed by atoms with Crippen LogP contribution < -0.4 is 0 Å². The molecule has 96 valence electrons. The number of rotatable bonds is 3. The van der Waals surface area contributed by atoms with Crippen molar-refractivity contribution in [2.45, 2.75) is 6.42 Å². The van der Waals surface area contributed by atoms with Crippen LogP contribution in [0, 0.1) is 23.7 Å². The largest absolute Gasteiger partial charge is 0.507 e. The smallest absolute Gasteiger partial charge is 0.124 e. The van der Waals surface area contributed by atoms with Crippen LogP contribution in [0.25, 0.3) is 0 Å². The molecule has 2 aromatic carbocycles. The van der Waals surface area contributed by atoms with Crippen molar-refractivity contribution in [2.75, 3.05) is 0 Å². The third kappa shape index (κ3) is 3.25. The molecule has 0 saturated heterocycles. The minimum atomic E-state index is 0.128. The normalized spacial score (nSPS) is 10.1. The number of hydrogen-bond donors (Lipinski definition) is 1. The maximum Gasteiger partial charge on any atom is 0.124 e. The van der Waals surface area contributed by atoms with Crippen LogP contribution in [0.2, 0.25) is 0 Å². The Morgan fingerprint density at radius 1 is 1.25 bits per heavy atom. The lowest BCUT2D eigenvalue weighted by atomic mass is 10.1. The molecule has 0 bridgehead atoms. The molecule has 1 N–H and O–H groups in total. The number of nitriles is 1. The zero-order valence-corrected chi connectivity index (χ0v) is 10.7. The summed E-state index contributed by atoms with van der Waals surface area (Å²) in [5.41, 5.74) is 2.88. The fourth-order valence-corrected chi connectivity index (χ4v) is 1.73. The van der Waals surface area contributed by atoms with E-state index in [4.69, 9.17) is 11.7 Å². The Hall–Kier alpha value is -3.04. The molecule has 0 fully saturated rings. The van der Waals surface area contributed by atoms with Crippen molar-refractivity contribution in [3.05, 3.63) is 59.2 Å². The SMILES string of the molecule is C#Cc1cccc(/N=C/c2cc(CC#N)ccc2O)c1. The van der Waals surface area contributed by atoms with Gasteiger partial charge in [-0.25, -0.2) is 0 Å². The quantitative estimate of drug-likeness (QED) is 0.680. The average Bonchev–Trinajstić information content (AvgIpc) is 2.48. The molecule has 3 nitrogen and oxygen atoms in total. The molecule has 3 heteroatoms. The van der Waals surface area contributed by atoms with Crippen molar-refractivity contribution in [1.82, 2.24) is 0 Å². The monoisotopic (exact) mass is 260 g/mol. The van der Waals surface area contributed by atoms with Crippen molar-refractivity contribution in [2.24, 2.45) is 4.99 Å². The summed E-state index contributed by atoms with van der Waals surface area (Å²) in [6.45, 7) is 0. The molecule has 0 unspecified atom stereocenters. The molecule has 2 aromatic rings. The molecule has 0 heterocycles. The summed E-state index contributed by atoms with van der Waals surface area (Å²) < 4.78 is 0. The minimum absolute atomic E-state index is 0.128. The van der Waals surface area contributed by atoms with Crippen LogP contribution in [-0.4, -0.2) is 11.3 Å². The highest BCUT2D eigenvalue weighted by atomic mass is 16.3. The Kier molecular flexibility index (Phi) is 4.17. The van der Waals surface area contributed by atoms with Gasteiger partial charge < -0.3 is 5.11 Å². The van der Waals surface area contributed by atoms with Gasteiger partial charge in [-0.1, -0.05) is 18.1 Å². The van der Waals surface area contributed by atoms with Gasteiger partial charge in [0.2, 0.25) is 0 Å². The summed E-state index contributed by atoms with van der Waals surface area (Å²) in [6.07, 6.45) is 7.19. The molecular weight excluding hydrogens is 248 g/mol. The van der Waals surface area contributed by atoms with Gasteiger partial charge in [-0.05, 0) is 35.9 Å². The van der Waals surface area contributed by atoms with Gasteiger partial charge >= 0.3 is 0 Å². The van der Waals surface area contributed by atoms with Crippen molar-refractivity contribution in [3.63, 3.8) is 0 Å². The summed E-state index contributed by atoms with van der Waals surface area (Å²) in [6, 6.07) is 14.4. The first-order valence-electron chi connectivity index (χ1n) is 6.02. The first kappa shape index (κ1) is 13.4. The lowest BCUT2D eigenvalue weighted by Gasteiger charge is -2.01. The van der Waals surface area contributed by atoms with E-state index in [1.807, 2.05) is 18.2 Å². The number of hydrogen-bond acceptors (Lipinski definition) is 3. The molecule has 2 rings (SSSR count). The van der Waals surface area contributed by atoms with Crippen molar-refractivity contribution in [1.29, 1.82) is 5.26 Å². The maximum atomic E-state index is 9.78. The van der Waals surface area contributed by atoms with E-state index < -0.39 is 0 Å². The summed E-state index contributed by atoms with van der Waals surface area (Å²) in [5, 5.41) is 18.5. The number of phenols is 1. The zero-order valence-electron chi connectivity index (χ0n) is 10.7. The number of nitrogens with zero attached hydrogens (tertiary/aromatic N) is 2. The van der Waals surface area contributed by atoms with Gasteiger partial charge in [-0.15, -0.1) is 6.42 Å². The fraction of sp³-hybridized carbons (Fsp3) is 0.0588. The summed E-state index contributed by atoms with van der Waals surface area (Å²) in [4.78, 5) is 4.28. The van der Waals surface area contributed by atoms with Crippen LogP contribution in [0.1, 0.15) is 16.7 Å². The van der Waals surface area contributed by atoms with Gasteiger partial charge in [-0.3, -0.25) is 4.99 Å². The number of benzene rings is 2. The second-order valence-electron chi connectivity index (χ2n) is 4.18. The number of aliphatic imine (C=N–C) groups is 1. The highest BCUT2D eigenvalue weighted by Crippen LogP contribution is 2.19. The van der Waals surface area contributed by atoms with E-state index in [0.717, 1.165) is 11.1 Å². The Labute approximate surface area is 117 Å². The molecule has 0 spiro atoms. The van der Waals surface area contributed by atoms with E-state index in [9.17, 15) is 5.11 Å². The molecule has 0 radical (unpaired) electrons. The Morgan fingerprint density at radius 2 is 2.10 bits per heavy atom. The third-order valence-corrected chi connectivity index (χ3v) is 2.74. The molecule has 20 heavy (non-hydrogen) atoms. The van der Waals surface area contributed by atoms with E-state index in [0.29, 0.717) is 17.7 Å². The Balaban J connectivity index is 2.29. The van der Waals surface area contributed by atoms with Crippen LogP contribution in [0.3, 0.4) is 0 Å². The summed E-state index contributed by atoms with van der Waals surface area (Å²) in [7, 11) is 0. The second-order valence-corrected chi connectivity index (χ2v) is 4.18. The van der Waals surface area contributed by atoms with Crippen LogP contribution in [0.5, 0.6) is 5.75 Å². The highest BCUT2D eigenvalue weighted by Gasteiger charge is 2.00. The number of phenolic OH excluding ortho intramolecular Hbond substituents is 1. The van der Waals surface area contributed by atoms with Crippen LogP contribution in [0.15, 0.2) is 47.5 Å². The van der Waals surface area contributed by atoms with Crippen LogP contribution in [-0.2, 0) is 6.42 Å². The predicted octanol–water partition coefficient (Wildman–Crippen LogP) is 3.19. The molecule has 0 aliphatic rings. The second kappa shape index (κ2) is 6.22. The lowest BCUT2D eigenvalue weighted by Crippen LogP contribution is -1.87. The van der Waals surface area contributed by atoms with Gasteiger partial charge in [0, 0.05) is 17.3 Å². The summed E-state index contributed by atoms with van der Waals surface area (Å²) in [5.74, 6) is 2.67. The van der Waals surface area contributed by atoms with E-state index in [-0.39, 0.29) is 5.75 Å². The molecule has 0 atom stereocenters. The van der Waals surface area contributed by atoms with E-state index in [1.165, 1.54) is 0 Å². The zero-order chi connectivity index (χ0) is 14.4. The van der Waals surface area contributed by atoms with E-state index in [1.54, 1.807) is 30.5 Å². The highest BCUT2D eigenvalue weighted by molar-refractivity contribution is 5.85. The van der Waals surface area contributed by atoms with Gasteiger partial charge in [-0.2, -0.15) is 5.26 Å². The minimum Gasteiger partial charge on any atom is -0.507 e.